The highest BCUT2D eigenvalue weighted by Crippen LogP contribution is 2.10. The maximum atomic E-state index is 8.95. The van der Waals surface area contributed by atoms with Gasteiger partial charge < -0.3 is 5.21 Å². The van der Waals surface area contributed by atoms with Crippen LogP contribution in [0, 0.1) is 6.92 Å². The van der Waals surface area contributed by atoms with Crippen LogP contribution in [-0.2, 0) is 0 Å². The zero-order valence-corrected chi connectivity index (χ0v) is 8.08. The summed E-state index contributed by atoms with van der Waals surface area (Å²) in [6, 6.07) is 9.23. The van der Waals surface area contributed by atoms with Crippen molar-refractivity contribution in [2.45, 2.75) is 6.92 Å². The molecule has 15 heavy (non-hydrogen) atoms. The van der Waals surface area contributed by atoms with Crippen LogP contribution in [0.25, 0.3) is 0 Å². The minimum absolute atomic E-state index is 0.356. The third-order valence-corrected chi connectivity index (χ3v) is 2.02. The molecule has 0 aliphatic carbocycles. The fourth-order valence-corrected chi connectivity index (χ4v) is 1.28. The van der Waals surface area contributed by atoms with Gasteiger partial charge in [-0.2, -0.15) is 0 Å². The van der Waals surface area contributed by atoms with E-state index < -0.39 is 0 Å². The molecule has 0 amide bonds. The van der Waals surface area contributed by atoms with Gasteiger partial charge in [0.1, 0.15) is 11.4 Å². The van der Waals surface area contributed by atoms with Crippen molar-refractivity contribution in [2.75, 3.05) is 0 Å². The Bertz CT molecular complexity index is 476. The van der Waals surface area contributed by atoms with Gasteiger partial charge in [-0.15, -0.1) is 0 Å². The third-order valence-electron chi connectivity index (χ3n) is 2.02. The van der Waals surface area contributed by atoms with E-state index in [0.717, 1.165) is 5.56 Å². The highest BCUT2D eigenvalue weighted by Gasteiger charge is 2.15. The molecular weight excluding hydrogens is 194 g/mol. The van der Waals surface area contributed by atoms with Crippen molar-refractivity contribution in [1.82, 2.24) is 10.3 Å². The lowest BCUT2D eigenvalue weighted by atomic mass is 10.1. The molecule has 0 bridgehead atoms. The van der Waals surface area contributed by atoms with E-state index in [0.29, 0.717) is 17.1 Å². The number of hydrogen-bond donors (Lipinski definition) is 1. The summed E-state index contributed by atoms with van der Waals surface area (Å²) in [5.41, 5.74) is 2.16. The first kappa shape index (κ1) is 9.39. The standard InChI is InChI=1S/C10H9N3O2/c1-7-9(13-15-12-7)10(11-14)8-5-3-2-4-6-8/h2-6,14H,1H3/b11-10+. The van der Waals surface area contributed by atoms with E-state index in [2.05, 4.69) is 20.1 Å². The maximum absolute atomic E-state index is 8.95. The van der Waals surface area contributed by atoms with Gasteiger partial charge in [-0.3, -0.25) is 0 Å². The number of rotatable bonds is 2. The predicted octanol–water partition coefficient (Wildman–Crippen LogP) is 1.60. The summed E-state index contributed by atoms with van der Waals surface area (Å²) in [6.45, 7) is 1.74. The Morgan fingerprint density at radius 3 is 2.53 bits per heavy atom. The monoisotopic (exact) mass is 203 g/mol. The molecule has 5 heteroatoms. The van der Waals surface area contributed by atoms with Crippen molar-refractivity contribution in [2.24, 2.45) is 5.16 Å². The molecule has 5 nitrogen and oxygen atoms in total. The third kappa shape index (κ3) is 1.71. The Hall–Kier alpha value is -2.17. The molecule has 0 saturated heterocycles. The first-order chi connectivity index (χ1) is 7.33. The van der Waals surface area contributed by atoms with Crippen LogP contribution in [0.15, 0.2) is 40.1 Å². The fourth-order valence-electron chi connectivity index (χ4n) is 1.28. The first-order valence-corrected chi connectivity index (χ1v) is 4.40. The summed E-state index contributed by atoms with van der Waals surface area (Å²) in [5.74, 6) is 0. The van der Waals surface area contributed by atoms with Crippen LogP contribution >= 0.6 is 0 Å². The minimum Gasteiger partial charge on any atom is -0.410 e. The Kier molecular flexibility index (Phi) is 2.45. The van der Waals surface area contributed by atoms with Crippen LogP contribution in [0.5, 0.6) is 0 Å². The minimum atomic E-state index is 0.356. The van der Waals surface area contributed by atoms with Crippen LogP contribution in [0.3, 0.4) is 0 Å². The number of aryl methyl sites for hydroxylation is 1. The molecule has 1 heterocycles. The number of hydrogen-bond acceptors (Lipinski definition) is 5. The van der Waals surface area contributed by atoms with Crippen LogP contribution in [-0.4, -0.2) is 21.2 Å². The highest BCUT2D eigenvalue weighted by molar-refractivity contribution is 6.11. The molecule has 1 N–H and O–H groups in total. The molecule has 0 atom stereocenters. The predicted molar refractivity (Wildman–Crippen MR) is 52.9 cm³/mol. The van der Waals surface area contributed by atoms with Crippen molar-refractivity contribution < 1.29 is 9.84 Å². The molecule has 1 aromatic heterocycles. The second-order valence-corrected chi connectivity index (χ2v) is 3.01. The van der Waals surface area contributed by atoms with E-state index in [1.165, 1.54) is 0 Å². The van der Waals surface area contributed by atoms with Gasteiger partial charge in [0.25, 0.3) is 0 Å². The van der Waals surface area contributed by atoms with Crippen LogP contribution in [0.2, 0.25) is 0 Å². The smallest absolute Gasteiger partial charge is 0.160 e. The van der Waals surface area contributed by atoms with Gasteiger partial charge in [0.15, 0.2) is 5.69 Å². The average molecular weight is 203 g/mol. The molecule has 0 saturated carbocycles. The summed E-state index contributed by atoms with van der Waals surface area (Å²) < 4.78 is 4.56. The van der Waals surface area contributed by atoms with E-state index in [-0.39, 0.29) is 0 Å². The summed E-state index contributed by atoms with van der Waals surface area (Å²) in [4.78, 5) is 0. The molecular formula is C10H9N3O2. The van der Waals surface area contributed by atoms with Crippen LogP contribution < -0.4 is 0 Å². The SMILES string of the molecule is Cc1nonc1/C(=N/O)c1ccccc1. The van der Waals surface area contributed by atoms with Gasteiger partial charge in [-0.1, -0.05) is 40.6 Å². The summed E-state index contributed by atoms with van der Waals surface area (Å²) in [6.07, 6.45) is 0. The zero-order chi connectivity index (χ0) is 10.7. The van der Waals surface area contributed by atoms with Gasteiger partial charge in [0, 0.05) is 5.56 Å². The van der Waals surface area contributed by atoms with Crippen LogP contribution in [0.4, 0.5) is 0 Å². The molecule has 0 radical (unpaired) electrons. The largest absolute Gasteiger partial charge is 0.410 e. The molecule has 0 aliphatic rings. The lowest BCUT2D eigenvalue weighted by molar-refractivity contribution is 0.302. The lowest BCUT2D eigenvalue weighted by Gasteiger charge is -1.99. The normalized spacial score (nSPS) is 11.7. The second-order valence-electron chi connectivity index (χ2n) is 3.01. The van der Waals surface area contributed by atoms with Gasteiger partial charge in [-0.25, -0.2) is 4.63 Å². The van der Waals surface area contributed by atoms with E-state index in [4.69, 9.17) is 5.21 Å². The number of oxime groups is 1. The van der Waals surface area contributed by atoms with Crippen LogP contribution in [0.1, 0.15) is 17.0 Å². The number of benzene rings is 1. The Labute approximate surface area is 86.0 Å². The van der Waals surface area contributed by atoms with Crippen molar-refractivity contribution in [3.8, 4) is 0 Å². The van der Waals surface area contributed by atoms with E-state index in [1.807, 2.05) is 30.3 Å². The second kappa shape index (κ2) is 3.91. The molecule has 0 aliphatic heterocycles. The van der Waals surface area contributed by atoms with Gasteiger partial charge in [0.05, 0.1) is 0 Å². The molecule has 1 aromatic carbocycles. The highest BCUT2D eigenvalue weighted by atomic mass is 16.6. The first-order valence-electron chi connectivity index (χ1n) is 4.40. The van der Waals surface area contributed by atoms with E-state index in [9.17, 15) is 0 Å². The molecule has 0 spiro atoms. The van der Waals surface area contributed by atoms with Crippen molar-refractivity contribution in [1.29, 1.82) is 0 Å². The Morgan fingerprint density at radius 2 is 2.00 bits per heavy atom. The van der Waals surface area contributed by atoms with Gasteiger partial charge >= 0.3 is 0 Å². The quantitative estimate of drug-likeness (QED) is 0.457. The zero-order valence-electron chi connectivity index (χ0n) is 8.08. The topological polar surface area (TPSA) is 71.5 Å². The molecule has 2 rings (SSSR count). The van der Waals surface area contributed by atoms with Crippen molar-refractivity contribution in [3.63, 3.8) is 0 Å². The lowest BCUT2D eigenvalue weighted by Crippen LogP contribution is -2.05. The molecule has 0 unspecified atom stereocenters. The Balaban J connectivity index is 2.48. The number of nitrogens with zero attached hydrogens (tertiary/aromatic N) is 3. The molecule has 2 aromatic rings. The average Bonchev–Trinajstić information content (AvgIpc) is 2.68. The molecule has 76 valence electrons. The summed E-state index contributed by atoms with van der Waals surface area (Å²) in [7, 11) is 0. The van der Waals surface area contributed by atoms with Crippen molar-refractivity contribution >= 4 is 5.71 Å². The molecule has 0 fully saturated rings. The van der Waals surface area contributed by atoms with Gasteiger partial charge in [-0.05, 0) is 12.1 Å². The maximum Gasteiger partial charge on any atom is 0.160 e. The Morgan fingerprint density at radius 1 is 1.27 bits per heavy atom. The van der Waals surface area contributed by atoms with E-state index >= 15 is 0 Å². The van der Waals surface area contributed by atoms with Crippen molar-refractivity contribution in [3.05, 3.63) is 47.3 Å². The number of aromatic nitrogens is 2. The van der Waals surface area contributed by atoms with Gasteiger partial charge in [0.2, 0.25) is 0 Å². The fraction of sp³-hybridized carbons (Fsp3) is 0.100. The van der Waals surface area contributed by atoms with E-state index in [1.54, 1.807) is 6.92 Å². The summed E-state index contributed by atoms with van der Waals surface area (Å²) in [5, 5.41) is 19.5. The summed E-state index contributed by atoms with van der Waals surface area (Å²) >= 11 is 0.